The Labute approximate surface area is 359 Å². The van der Waals surface area contributed by atoms with Crippen LogP contribution in [0.3, 0.4) is 0 Å². The number of nitrogens with one attached hydrogen (secondary N) is 3. The minimum Gasteiger partial charge on any atom is -0.504 e. The van der Waals surface area contributed by atoms with Gasteiger partial charge in [0.1, 0.15) is 17.4 Å². The van der Waals surface area contributed by atoms with Crippen molar-refractivity contribution in [3.8, 4) is 5.75 Å². The molecule has 0 bridgehead atoms. The number of thiazole rings is 1. The first-order valence-electron chi connectivity index (χ1n) is 21.0. The van der Waals surface area contributed by atoms with Crippen LogP contribution in [0.2, 0.25) is 0 Å². The number of pyridine rings is 1. The molecule has 2 saturated heterocycles. The Morgan fingerprint density at radius 3 is 2.35 bits per heavy atom. The van der Waals surface area contributed by atoms with E-state index in [2.05, 4.69) is 25.8 Å². The summed E-state index contributed by atoms with van der Waals surface area (Å²) in [6.07, 6.45) is 2.27. The molecule has 4 aromatic rings. The number of aliphatic hydroxyl groups is 1. The van der Waals surface area contributed by atoms with Crippen LogP contribution in [0.25, 0.3) is 10.2 Å². The average Bonchev–Trinajstić information content (AvgIpc) is 3.78. The van der Waals surface area contributed by atoms with Gasteiger partial charge in [-0.15, -0.1) is 11.3 Å². The molecule has 1 unspecified atom stereocenters. The molecule has 5 heterocycles. The fourth-order valence-electron chi connectivity index (χ4n) is 9.23. The molecule has 1 aliphatic carbocycles. The Kier molecular flexibility index (Phi) is 11.9. The highest BCUT2D eigenvalue weighted by atomic mass is 32.1. The van der Waals surface area contributed by atoms with Crippen molar-refractivity contribution in [1.82, 2.24) is 25.1 Å². The van der Waals surface area contributed by atoms with Crippen LogP contribution in [-0.2, 0) is 21.4 Å². The number of benzene rings is 2. The number of piperidine rings is 2. The van der Waals surface area contributed by atoms with Crippen molar-refractivity contribution in [3.63, 3.8) is 0 Å². The summed E-state index contributed by atoms with van der Waals surface area (Å²) in [6, 6.07) is 8.66. The highest BCUT2D eigenvalue weighted by molar-refractivity contribution is 7.19. The Balaban J connectivity index is 0.825. The molecule has 3 fully saturated rings. The number of aromatic nitrogens is 2. The lowest BCUT2D eigenvalue weighted by molar-refractivity contribution is -0.141. The van der Waals surface area contributed by atoms with E-state index >= 15 is 0 Å². The number of phenolic OH excluding ortho intramolecular Hbond substituents is 1. The second-order valence-corrected chi connectivity index (χ2v) is 18.4. The summed E-state index contributed by atoms with van der Waals surface area (Å²) in [5, 5.41) is 31.4. The number of phenols is 1. The van der Waals surface area contributed by atoms with E-state index in [1.54, 1.807) is 24.3 Å². The van der Waals surface area contributed by atoms with Crippen LogP contribution < -0.4 is 16.0 Å². The smallest absolute Gasteiger partial charge is 0.433 e. The molecule has 2 aromatic carbocycles. The molecular weight excluding hydrogens is 828 g/mol. The molecule has 5 N–H and O–H groups in total. The fraction of sp³-hybridized carbons (Fsp3) is 0.477. The highest BCUT2D eigenvalue weighted by Crippen LogP contribution is 2.46. The molecule has 4 aliphatic rings. The first kappa shape index (κ1) is 43.2. The summed E-state index contributed by atoms with van der Waals surface area (Å²) in [6.45, 7) is 6.57. The lowest BCUT2D eigenvalue weighted by atomic mass is 9.81. The SMILES string of the molecule is CC(C)(O)c1cc2nc(C3CCC(CN4CCC(CCNc5cccc6c5C(=O)N(C5CCC(=O)NC5=O)C6=O)CC4)CC3)sc2c(O)c1NC(=O)c1cccc(C(F)(F)F)n1. The number of likely N-dealkylation sites (tertiary alicyclic amines) is 1. The van der Waals surface area contributed by atoms with Crippen molar-refractivity contribution in [2.45, 2.75) is 95.4 Å². The minimum atomic E-state index is -4.75. The van der Waals surface area contributed by atoms with E-state index in [1.807, 2.05) is 0 Å². The minimum absolute atomic E-state index is 0.0637. The molecule has 5 amide bonds. The Bertz CT molecular complexity index is 2430. The summed E-state index contributed by atoms with van der Waals surface area (Å²) in [4.78, 5) is 75.7. The van der Waals surface area contributed by atoms with E-state index in [1.165, 1.54) is 25.2 Å². The van der Waals surface area contributed by atoms with E-state index in [-0.39, 0.29) is 46.9 Å². The van der Waals surface area contributed by atoms with Crippen LogP contribution >= 0.6 is 11.3 Å². The standard InChI is InChI=1S/C44H48F3N7O7S/c1-43(2,61)27-21-30-37(36(56)35(27)52-38(57)29-7-4-8-32(49-29)44(45,46)47)62-40(50-30)25-11-9-24(10-12-25)22-53-19-16-23(17-20-53)15-18-48-28-6-3-5-26-34(28)42(60)54(41(26)59)31-13-14-33(55)51-39(31)58/h3-8,21,23-25,31,48,56,61H,9-20,22H2,1-2H3,(H,52,57)(H,51,55,58). The molecule has 3 aliphatic heterocycles. The third-order valence-electron chi connectivity index (χ3n) is 12.6. The Morgan fingerprint density at radius 1 is 0.935 bits per heavy atom. The van der Waals surface area contributed by atoms with Crippen molar-refractivity contribution in [2.24, 2.45) is 11.8 Å². The topological polar surface area (TPSA) is 194 Å². The van der Waals surface area contributed by atoms with Gasteiger partial charge < -0.3 is 25.7 Å². The zero-order valence-electron chi connectivity index (χ0n) is 34.3. The number of hydrogen-bond donors (Lipinski definition) is 5. The number of nitrogens with zero attached hydrogens (tertiary/aromatic N) is 4. The van der Waals surface area contributed by atoms with Gasteiger partial charge in [0.2, 0.25) is 11.8 Å². The summed E-state index contributed by atoms with van der Waals surface area (Å²) < 4.78 is 40.3. The Morgan fingerprint density at radius 2 is 1.66 bits per heavy atom. The Hall–Kier alpha value is -5.46. The summed E-state index contributed by atoms with van der Waals surface area (Å²) in [5.41, 5.74) is -1.66. The number of anilines is 2. The summed E-state index contributed by atoms with van der Waals surface area (Å²) >= 11 is 1.31. The van der Waals surface area contributed by atoms with Gasteiger partial charge in [0.15, 0.2) is 5.75 Å². The first-order chi connectivity index (χ1) is 29.5. The zero-order valence-corrected chi connectivity index (χ0v) is 35.1. The third kappa shape index (κ3) is 8.77. The van der Waals surface area contributed by atoms with Gasteiger partial charge in [0.05, 0.1) is 37.6 Å². The molecule has 2 aromatic heterocycles. The van der Waals surface area contributed by atoms with Gasteiger partial charge in [-0.2, -0.15) is 13.2 Å². The van der Waals surface area contributed by atoms with E-state index in [0.717, 1.165) is 92.7 Å². The van der Waals surface area contributed by atoms with Crippen molar-refractivity contribution >= 4 is 62.5 Å². The predicted octanol–water partition coefficient (Wildman–Crippen LogP) is 6.78. The van der Waals surface area contributed by atoms with Gasteiger partial charge in [-0.05, 0) is 120 Å². The molecular formula is C44H48F3N7O7S. The second-order valence-electron chi connectivity index (χ2n) is 17.3. The van der Waals surface area contributed by atoms with Gasteiger partial charge in [-0.3, -0.25) is 34.2 Å². The average molecular weight is 876 g/mol. The normalized spacial score (nSPS) is 21.6. The number of aromatic hydroxyl groups is 1. The van der Waals surface area contributed by atoms with E-state index in [4.69, 9.17) is 4.98 Å². The molecule has 8 rings (SSSR count). The van der Waals surface area contributed by atoms with Gasteiger partial charge in [-0.25, -0.2) is 9.97 Å². The molecule has 14 nitrogen and oxygen atoms in total. The van der Waals surface area contributed by atoms with Crippen molar-refractivity contribution in [1.29, 1.82) is 0 Å². The lowest BCUT2D eigenvalue weighted by Gasteiger charge is -2.36. The maximum absolute atomic E-state index is 13.4. The summed E-state index contributed by atoms with van der Waals surface area (Å²) in [7, 11) is 0. The molecule has 0 radical (unpaired) electrons. The zero-order chi connectivity index (χ0) is 44.1. The maximum atomic E-state index is 13.4. The largest absolute Gasteiger partial charge is 0.504 e. The number of amides is 5. The molecule has 0 spiro atoms. The molecule has 1 atom stereocenters. The number of halogens is 3. The van der Waals surface area contributed by atoms with Crippen molar-refractivity contribution in [3.05, 3.63) is 75.6 Å². The van der Waals surface area contributed by atoms with Crippen LogP contribution in [-0.4, -0.2) is 91.7 Å². The molecule has 18 heteroatoms. The third-order valence-corrected chi connectivity index (χ3v) is 13.8. The van der Waals surface area contributed by atoms with Crippen molar-refractivity contribution < 1.29 is 47.4 Å². The fourth-order valence-corrected chi connectivity index (χ4v) is 10.4. The first-order valence-corrected chi connectivity index (χ1v) is 21.8. The van der Waals surface area contributed by atoms with E-state index < -0.39 is 58.7 Å². The van der Waals surface area contributed by atoms with Gasteiger partial charge in [-0.1, -0.05) is 12.1 Å². The van der Waals surface area contributed by atoms with Crippen LogP contribution in [0.15, 0.2) is 42.5 Å². The maximum Gasteiger partial charge on any atom is 0.433 e. The van der Waals surface area contributed by atoms with Crippen LogP contribution in [0.1, 0.15) is 125 Å². The van der Waals surface area contributed by atoms with Gasteiger partial charge in [0.25, 0.3) is 17.7 Å². The molecule has 1 saturated carbocycles. The number of fused-ring (bicyclic) bond motifs is 2. The number of alkyl halides is 3. The number of carbonyl (C=O) groups is 5. The number of rotatable bonds is 11. The van der Waals surface area contributed by atoms with Gasteiger partial charge >= 0.3 is 6.18 Å². The van der Waals surface area contributed by atoms with Gasteiger partial charge in [0, 0.05) is 36.7 Å². The quantitative estimate of drug-likeness (QED) is 0.0788. The van der Waals surface area contributed by atoms with Crippen LogP contribution in [0, 0.1) is 11.8 Å². The number of hydrogen-bond acceptors (Lipinski definition) is 12. The van der Waals surface area contributed by atoms with E-state index in [9.17, 15) is 47.4 Å². The lowest BCUT2D eigenvalue weighted by Crippen LogP contribution is -2.54. The van der Waals surface area contributed by atoms with E-state index in [0.29, 0.717) is 34.3 Å². The van der Waals surface area contributed by atoms with Crippen LogP contribution in [0.5, 0.6) is 5.75 Å². The summed E-state index contributed by atoms with van der Waals surface area (Å²) in [5.74, 6) is -2.19. The van der Waals surface area contributed by atoms with Crippen LogP contribution in [0.4, 0.5) is 24.5 Å². The monoisotopic (exact) mass is 875 g/mol. The second kappa shape index (κ2) is 17.0. The number of imide groups is 2. The molecule has 62 heavy (non-hydrogen) atoms. The predicted molar refractivity (Wildman–Crippen MR) is 224 cm³/mol. The van der Waals surface area contributed by atoms with Crippen molar-refractivity contribution in [2.75, 3.05) is 36.8 Å². The molecule has 328 valence electrons. The highest BCUT2D eigenvalue weighted by Gasteiger charge is 2.46. The number of carbonyl (C=O) groups excluding carboxylic acids is 5.